The molecule has 1 aliphatic carbocycles. The summed E-state index contributed by atoms with van der Waals surface area (Å²) in [5.41, 5.74) is 0.598. The molecular formula is C13H7F3O. The van der Waals surface area contributed by atoms with Crippen LogP contribution in [-0.4, -0.2) is 5.11 Å². The van der Waals surface area contributed by atoms with Gasteiger partial charge in [-0.05, 0) is 34.7 Å². The fourth-order valence-electron chi connectivity index (χ4n) is 2.14. The molecule has 86 valence electrons. The van der Waals surface area contributed by atoms with Crippen LogP contribution in [0.2, 0.25) is 0 Å². The standard InChI is InChI=1S/C13H7F3O/c14-13(15,16)9-5-8-2-1-7-3-4-11(17)10(6-9)12(7)8/h1-6,17H. The van der Waals surface area contributed by atoms with E-state index in [9.17, 15) is 18.3 Å². The highest BCUT2D eigenvalue weighted by Gasteiger charge is 2.32. The first-order valence-electron chi connectivity index (χ1n) is 5.02. The molecule has 0 bridgehead atoms. The SMILES string of the molecule is Oc1ccc2c3c(cc(C(F)(F)F)cc13)C=C2. The van der Waals surface area contributed by atoms with Gasteiger partial charge in [-0.25, -0.2) is 0 Å². The van der Waals surface area contributed by atoms with E-state index in [1.54, 1.807) is 18.2 Å². The van der Waals surface area contributed by atoms with Crippen LogP contribution in [0, 0.1) is 0 Å². The van der Waals surface area contributed by atoms with E-state index in [0.717, 1.165) is 17.7 Å². The number of halogens is 3. The van der Waals surface area contributed by atoms with Gasteiger partial charge in [0.25, 0.3) is 0 Å². The fraction of sp³-hybridized carbons (Fsp3) is 0.0769. The van der Waals surface area contributed by atoms with Crippen LogP contribution in [0.3, 0.4) is 0 Å². The maximum atomic E-state index is 12.7. The molecular weight excluding hydrogens is 229 g/mol. The summed E-state index contributed by atoms with van der Waals surface area (Å²) in [6.45, 7) is 0. The van der Waals surface area contributed by atoms with E-state index in [0.29, 0.717) is 10.9 Å². The molecule has 0 saturated heterocycles. The number of benzene rings is 2. The predicted octanol–water partition coefficient (Wildman–Crippen LogP) is 4.05. The van der Waals surface area contributed by atoms with Crippen LogP contribution in [0.25, 0.3) is 22.9 Å². The smallest absolute Gasteiger partial charge is 0.416 e. The van der Waals surface area contributed by atoms with Crippen molar-refractivity contribution in [3.05, 3.63) is 41.0 Å². The van der Waals surface area contributed by atoms with E-state index < -0.39 is 11.7 Å². The molecule has 2 aromatic rings. The van der Waals surface area contributed by atoms with Crippen molar-refractivity contribution in [2.75, 3.05) is 0 Å². The number of hydrogen-bond donors (Lipinski definition) is 1. The van der Waals surface area contributed by atoms with Crippen LogP contribution >= 0.6 is 0 Å². The average Bonchev–Trinajstić information content (AvgIpc) is 2.66. The van der Waals surface area contributed by atoms with Crippen LogP contribution < -0.4 is 0 Å². The lowest BCUT2D eigenvalue weighted by molar-refractivity contribution is -0.137. The summed E-state index contributed by atoms with van der Waals surface area (Å²) in [6.07, 6.45) is -1.02. The Morgan fingerprint density at radius 1 is 0.941 bits per heavy atom. The normalized spacial score (nSPS) is 13.6. The van der Waals surface area contributed by atoms with E-state index in [2.05, 4.69) is 0 Å². The van der Waals surface area contributed by atoms with Gasteiger partial charge in [-0.15, -0.1) is 0 Å². The first-order valence-corrected chi connectivity index (χ1v) is 5.02. The third-order valence-corrected chi connectivity index (χ3v) is 2.92. The van der Waals surface area contributed by atoms with Crippen LogP contribution in [0.1, 0.15) is 16.7 Å². The Bertz CT molecular complexity index is 654. The molecule has 0 saturated carbocycles. The molecule has 0 heterocycles. The van der Waals surface area contributed by atoms with Gasteiger partial charge in [0.2, 0.25) is 0 Å². The van der Waals surface area contributed by atoms with Crippen molar-refractivity contribution in [3.8, 4) is 5.75 Å². The third kappa shape index (κ3) is 1.40. The lowest BCUT2D eigenvalue weighted by Gasteiger charge is -2.10. The Labute approximate surface area is 94.8 Å². The van der Waals surface area contributed by atoms with Gasteiger partial charge in [0.1, 0.15) is 5.75 Å². The Morgan fingerprint density at radius 3 is 2.35 bits per heavy atom. The minimum Gasteiger partial charge on any atom is -0.507 e. The molecule has 0 atom stereocenters. The zero-order valence-corrected chi connectivity index (χ0v) is 8.55. The van der Waals surface area contributed by atoms with Crippen LogP contribution in [0.5, 0.6) is 5.75 Å². The second-order valence-electron chi connectivity index (χ2n) is 3.99. The summed E-state index contributed by atoms with van der Waals surface area (Å²) in [5, 5.41) is 10.6. The zero-order valence-electron chi connectivity index (χ0n) is 8.55. The van der Waals surface area contributed by atoms with E-state index >= 15 is 0 Å². The Balaban J connectivity index is 2.43. The molecule has 0 spiro atoms. The maximum Gasteiger partial charge on any atom is 0.416 e. The monoisotopic (exact) mass is 236 g/mol. The van der Waals surface area contributed by atoms with E-state index in [-0.39, 0.29) is 11.1 Å². The van der Waals surface area contributed by atoms with E-state index in [1.165, 1.54) is 6.07 Å². The van der Waals surface area contributed by atoms with Crippen molar-refractivity contribution in [1.29, 1.82) is 0 Å². The summed E-state index contributed by atoms with van der Waals surface area (Å²) in [7, 11) is 0. The number of aromatic hydroxyl groups is 1. The van der Waals surface area contributed by atoms with Gasteiger partial charge in [0, 0.05) is 5.39 Å². The lowest BCUT2D eigenvalue weighted by Crippen LogP contribution is -2.05. The predicted molar refractivity (Wildman–Crippen MR) is 59.5 cm³/mol. The summed E-state index contributed by atoms with van der Waals surface area (Å²) < 4.78 is 38.0. The minimum absolute atomic E-state index is 0.125. The molecule has 0 radical (unpaired) electrons. The van der Waals surface area contributed by atoms with Crippen molar-refractivity contribution < 1.29 is 18.3 Å². The molecule has 0 aliphatic heterocycles. The van der Waals surface area contributed by atoms with Crippen molar-refractivity contribution in [2.24, 2.45) is 0 Å². The first-order chi connectivity index (χ1) is 7.97. The molecule has 1 nitrogen and oxygen atoms in total. The summed E-state index contributed by atoms with van der Waals surface area (Å²) in [5.74, 6) is -0.125. The second kappa shape index (κ2) is 3.03. The average molecular weight is 236 g/mol. The number of alkyl halides is 3. The molecule has 2 aromatic carbocycles. The second-order valence-corrected chi connectivity index (χ2v) is 3.99. The molecule has 0 amide bonds. The Hall–Kier alpha value is -1.97. The fourth-order valence-corrected chi connectivity index (χ4v) is 2.14. The van der Waals surface area contributed by atoms with Gasteiger partial charge in [0.15, 0.2) is 0 Å². The molecule has 1 aliphatic rings. The molecule has 0 aromatic heterocycles. The van der Waals surface area contributed by atoms with Gasteiger partial charge in [-0.3, -0.25) is 0 Å². The van der Waals surface area contributed by atoms with Crippen molar-refractivity contribution in [2.45, 2.75) is 6.18 Å². The van der Waals surface area contributed by atoms with Gasteiger partial charge in [-0.1, -0.05) is 18.2 Å². The maximum absolute atomic E-state index is 12.7. The van der Waals surface area contributed by atoms with Gasteiger partial charge in [-0.2, -0.15) is 13.2 Å². The van der Waals surface area contributed by atoms with Crippen molar-refractivity contribution >= 4 is 22.9 Å². The van der Waals surface area contributed by atoms with Crippen LogP contribution in [0.15, 0.2) is 24.3 Å². The third-order valence-electron chi connectivity index (χ3n) is 2.92. The number of rotatable bonds is 0. The number of hydrogen-bond acceptors (Lipinski definition) is 1. The summed E-state index contributed by atoms with van der Waals surface area (Å²) in [4.78, 5) is 0. The Kier molecular flexibility index (Phi) is 1.82. The zero-order chi connectivity index (χ0) is 12.2. The quantitative estimate of drug-likeness (QED) is 0.624. The highest BCUT2D eigenvalue weighted by molar-refractivity contribution is 6.07. The first kappa shape index (κ1) is 10.2. The lowest BCUT2D eigenvalue weighted by atomic mass is 10.00. The highest BCUT2D eigenvalue weighted by atomic mass is 19.4. The van der Waals surface area contributed by atoms with E-state index in [1.807, 2.05) is 0 Å². The minimum atomic E-state index is -4.40. The van der Waals surface area contributed by atoms with Gasteiger partial charge < -0.3 is 5.11 Å². The number of phenols is 1. The number of phenolic OH excluding ortho intramolecular Hbond substituents is 1. The van der Waals surface area contributed by atoms with Crippen molar-refractivity contribution in [1.82, 2.24) is 0 Å². The molecule has 3 rings (SSSR count). The highest BCUT2D eigenvalue weighted by Crippen LogP contribution is 2.40. The molecule has 17 heavy (non-hydrogen) atoms. The molecule has 1 N–H and O–H groups in total. The van der Waals surface area contributed by atoms with E-state index in [4.69, 9.17) is 0 Å². The van der Waals surface area contributed by atoms with Gasteiger partial charge in [0.05, 0.1) is 5.56 Å². The van der Waals surface area contributed by atoms with Crippen LogP contribution in [-0.2, 0) is 6.18 Å². The topological polar surface area (TPSA) is 20.2 Å². The summed E-state index contributed by atoms with van der Waals surface area (Å²) in [6, 6.07) is 5.20. The molecule has 4 heteroatoms. The van der Waals surface area contributed by atoms with Gasteiger partial charge >= 0.3 is 6.18 Å². The van der Waals surface area contributed by atoms with Crippen molar-refractivity contribution in [3.63, 3.8) is 0 Å². The summed E-state index contributed by atoms with van der Waals surface area (Å²) >= 11 is 0. The molecule has 0 fully saturated rings. The largest absolute Gasteiger partial charge is 0.507 e. The molecule has 0 unspecified atom stereocenters. The van der Waals surface area contributed by atoms with Crippen LogP contribution in [0.4, 0.5) is 13.2 Å². The Morgan fingerprint density at radius 2 is 1.65 bits per heavy atom.